The third kappa shape index (κ3) is 3.59. The number of aromatic nitrogens is 1. The lowest BCUT2D eigenvalue weighted by atomic mass is 10.2. The fourth-order valence-electron chi connectivity index (χ4n) is 2.69. The summed E-state index contributed by atoms with van der Waals surface area (Å²) in [5.41, 5.74) is 0. The number of likely N-dealkylation sites (N-methyl/N-ethyl adjacent to an activating group) is 1. The van der Waals surface area contributed by atoms with Gasteiger partial charge in [0.15, 0.2) is 0 Å². The minimum absolute atomic E-state index is 0.0180. The largest absolute Gasteiger partial charge is 0.300 e. The number of rotatable bonds is 5. The van der Waals surface area contributed by atoms with Gasteiger partial charge in [0.2, 0.25) is 10.0 Å². The first-order valence-corrected chi connectivity index (χ1v) is 9.56. The number of pyridine rings is 1. The van der Waals surface area contributed by atoms with Crippen LogP contribution in [-0.2, 0) is 10.0 Å². The van der Waals surface area contributed by atoms with Crippen molar-refractivity contribution in [3.8, 4) is 0 Å². The summed E-state index contributed by atoms with van der Waals surface area (Å²) in [6.07, 6.45) is 2.34. The Balaban J connectivity index is 2.24. The third-order valence-corrected chi connectivity index (χ3v) is 6.57. The van der Waals surface area contributed by atoms with Crippen LogP contribution in [0.15, 0.2) is 21.6 Å². The number of sulfonamides is 1. The quantitative estimate of drug-likeness (QED) is 0.718. The van der Waals surface area contributed by atoms with Gasteiger partial charge in [-0.05, 0) is 41.5 Å². The van der Waals surface area contributed by atoms with Crippen molar-refractivity contribution in [1.29, 1.82) is 0 Å². The smallest absolute Gasteiger partial charge is 0.246 e. The first-order valence-electron chi connectivity index (χ1n) is 6.95. The van der Waals surface area contributed by atoms with Crippen molar-refractivity contribution in [2.24, 2.45) is 0 Å². The van der Waals surface area contributed by atoms with Crippen LogP contribution in [0.2, 0.25) is 5.15 Å². The minimum Gasteiger partial charge on any atom is -0.300 e. The summed E-state index contributed by atoms with van der Waals surface area (Å²) in [6.45, 7) is 7.06. The van der Waals surface area contributed by atoms with Gasteiger partial charge in [-0.3, -0.25) is 4.90 Å². The van der Waals surface area contributed by atoms with Crippen molar-refractivity contribution in [3.63, 3.8) is 0 Å². The number of hydrogen-bond donors (Lipinski definition) is 0. The zero-order chi connectivity index (χ0) is 15.6. The normalized spacial score (nSPS) is 20.3. The van der Waals surface area contributed by atoms with E-state index in [1.807, 2.05) is 0 Å². The maximum atomic E-state index is 12.7. The van der Waals surface area contributed by atoms with Crippen molar-refractivity contribution < 1.29 is 8.42 Å². The first-order chi connectivity index (χ1) is 9.90. The Bertz CT molecular complexity index is 607. The molecule has 2 heterocycles. The van der Waals surface area contributed by atoms with Crippen LogP contribution in [0.3, 0.4) is 0 Å². The Morgan fingerprint density at radius 3 is 2.76 bits per heavy atom. The molecule has 0 spiro atoms. The highest BCUT2D eigenvalue weighted by atomic mass is 79.9. The molecule has 2 rings (SSSR count). The van der Waals surface area contributed by atoms with Crippen molar-refractivity contribution in [2.45, 2.75) is 31.2 Å². The summed E-state index contributed by atoms with van der Waals surface area (Å²) in [5.74, 6) is 0. The van der Waals surface area contributed by atoms with Crippen LogP contribution < -0.4 is 0 Å². The number of nitrogens with zero attached hydrogens (tertiary/aromatic N) is 3. The van der Waals surface area contributed by atoms with Crippen molar-refractivity contribution in [2.75, 3.05) is 26.2 Å². The molecule has 1 fully saturated rings. The van der Waals surface area contributed by atoms with Crippen LogP contribution in [-0.4, -0.2) is 54.8 Å². The molecule has 0 N–H and O–H groups in total. The molecule has 0 saturated carbocycles. The van der Waals surface area contributed by atoms with Gasteiger partial charge in [0.1, 0.15) is 10.0 Å². The summed E-state index contributed by atoms with van der Waals surface area (Å²) in [4.78, 5) is 6.26. The number of hydrogen-bond acceptors (Lipinski definition) is 4. The molecular formula is C13H19BrClN3O2S. The van der Waals surface area contributed by atoms with Crippen LogP contribution in [0.25, 0.3) is 0 Å². The molecule has 21 heavy (non-hydrogen) atoms. The Labute approximate surface area is 139 Å². The van der Waals surface area contributed by atoms with Crippen molar-refractivity contribution in [1.82, 2.24) is 14.2 Å². The first kappa shape index (κ1) is 17.1. The predicted octanol–water partition coefficient (Wildman–Crippen LogP) is 2.60. The van der Waals surface area contributed by atoms with Gasteiger partial charge in [-0.2, -0.15) is 4.31 Å². The van der Waals surface area contributed by atoms with E-state index in [0.717, 1.165) is 19.5 Å². The molecule has 5 nitrogen and oxygen atoms in total. The molecule has 8 heteroatoms. The molecule has 1 aromatic rings. The van der Waals surface area contributed by atoms with Gasteiger partial charge in [-0.1, -0.05) is 25.4 Å². The second kappa shape index (κ2) is 6.91. The molecule has 1 unspecified atom stereocenters. The van der Waals surface area contributed by atoms with Crippen molar-refractivity contribution in [3.05, 3.63) is 21.9 Å². The van der Waals surface area contributed by atoms with E-state index in [0.29, 0.717) is 17.6 Å². The van der Waals surface area contributed by atoms with Crippen LogP contribution in [0.4, 0.5) is 0 Å². The van der Waals surface area contributed by atoms with Gasteiger partial charge in [0.05, 0.1) is 0 Å². The maximum absolute atomic E-state index is 12.7. The van der Waals surface area contributed by atoms with Gasteiger partial charge in [-0.15, -0.1) is 0 Å². The van der Waals surface area contributed by atoms with Crippen molar-refractivity contribution >= 4 is 37.6 Å². The number of halogens is 2. The van der Waals surface area contributed by atoms with Crippen LogP contribution in [0.1, 0.15) is 20.3 Å². The molecule has 118 valence electrons. The highest BCUT2D eigenvalue weighted by Gasteiger charge is 2.35. The van der Waals surface area contributed by atoms with Crippen LogP contribution >= 0.6 is 27.5 Å². The zero-order valence-electron chi connectivity index (χ0n) is 12.1. The molecule has 0 aliphatic carbocycles. The molecule has 0 bridgehead atoms. The summed E-state index contributed by atoms with van der Waals surface area (Å²) in [6, 6.07) is 1.78. The summed E-state index contributed by atoms with van der Waals surface area (Å²) in [5, 5.41) is 0.0180. The minimum atomic E-state index is -3.59. The second-order valence-corrected chi connectivity index (χ2v) is 8.15. The van der Waals surface area contributed by atoms with E-state index in [9.17, 15) is 8.42 Å². The van der Waals surface area contributed by atoms with Gasteiger partial charge < -0.3 is 0 Å². The molecule has 0 radical (unpaired) electrons. The summed E-state index contributed by atoms with van der Waals surface area (Å²) >= 11 is 9.21. The average Bonchev–Trinajstić information content (AvgIpc) is 2.93. The molecule has 1 aliphatic heterocycles. The topological polar surface area (TPSA) is 53.5 Å². The van der Waals surface area contributed by atoms with E-state index in [1.165, 1.54) is 16.6 Å². The monoisotopic (exact) mass is 395 g/mol. The second-order valence-electron chi connectivity index (χ2n) is 4.97. The predicted molar refractivity (Wildman–Crippen MR) is 87.0 cm³/mol. The lowest BCUT2D eigenvalue weighted by Gasteiger charge is -2.26. The molecule has 1 aliphatic rings. The Morgan fingerprint density at radius 2 is 2.14 bits per heavy atom. The van der Waals surface area contributed by atoms with E-state index in [-0.39, 0.29) is 16.1 Å². The molecule has 1 atom stereocenters. The standard InChI is InChI=1S/C13H19BrClN3O2S/c1-3-17(4-2)11-5-6-18(9-11)21(19,20)12-7-10(14)8-16-13(12)15/h7-8,11H,3-6,9H2,1-2H3. The van der Waals surface area contributed by atoms with Gasteiger partial charge in [0.25, 0.3) is 0 Å². The van der Waals surface area contributed by atoms with Crippen LogP contribution in [0, 0.1) is 0 Å². The van der Waals surface area contributed by atoms with E-state index in [1.54, 1.807) is 0 Å². The molecular weight excluding hydrogens is 378 g/mol. The Hall–Kier alpha value is -0.210. The lowest BCUT2D eigenvalue weighted by Crippen LogP contribution is -2.38. The van der Waals surface area contributed by atoms with E-state index in [2.05, 4.69) is 39.7 Å². The molecule has 0 amide bonds. The summed E-state index contributed by atoms with van der Waals surface area (Å²) in [7, 11) is -3.59. The molecule has 0 aromatic carbocycles. The summed E-state index contributed by atoms with van der Waals surface area (Å²) < 4.78 is 27.5. The highest BCUT2D eigenvalue weighted by molar-refractivity contribution is 9.10. The lowest BCUT2D eigenvalue weighted by molar-refractivity contribution is 0.224. The fourth-order valence-corrected chi connectivity index (χ4v) is 5.10. The molecule has 1 saturated heterocycles. The van der Waals surface area contributed by atoms with E-state index in [4.69, 9.17) is 11.6 Å². The maximum Gasteiger partial charge on any atom is 0.246 e. The van der Waals surface area contributed by atoms with E-state index < -0.39 is 10.0 Å². The Kier molecular flexibility index (Phi) is 5.65. The van der Waals surface area contributed by atoms with E-state index >= 15 is 0 Å². The fraction of sp³-hybridized carbons (Fsp3) is 0.615. The van der Waals surface area contributed by atoms with Gasteiger partial charge in [-0.25, -0.2) is 13.4 Å². The van der Waals surface area contributed by atoms with Gasteiger partial charge in [0, 0.05) is 29.8 Å². The SMILES string of the molecule is CCN(CC)C1CCN(S(=O)(=O)c2cc(Br)cnc2Cl)C1. The zero-order valence-corrected chi connectivity index (χ0v) is 15.2. The van der Waals surface area contributed by atoms with Gasteiger partial charge >= 0.3 is 0 Å². The van der Waals surface area contributed by atoms with Crippen LogP contribution in [0.5, 0.6) is 0 Å². The molecule has 1 aromatic heterocycles. The third-order valence-electron chi connectivity index (χ3n) is 3.85. The Morgan fingerprint density at radius 1 is 1.48 bits per heavy atom. The average molecular weight is 397 g/mol. The highest BCUT2D eigenvalue weighted by Crippen LogP contribution is 2.29.